The third-order valence-electron chi connectivity index (χ3n) is 7.84. The Bertz CT molecular complexity index is 561. The molecule has 5 nitrogen and oxygen atoms in total. The summed E-state index contributed by atoms with van der Waals surface area (Å²) in [5.41, 5.74) is 5.37. The Morgan fingerprint density at radius 1 is 1.11 bits per heavy atom. The van der Waals surface area contributed by atoms with Crippen LogP contribution in [0.15, 0.2) is 0 Å². The fourth-order valence-electron chi connectivity index (χ4n) is 5.63. The van der Waals surface area contributed by atoms with Gasteiger partial charge in [0, 0.05) is 12.0 Å². The van der Waals surface area contributed by atoms with E-state index in [2.05, 4.69) is 39.2 Å². The molecule has 6 heteroatoms. The summed E-state index contributed by atoms with van der Waals surface area (Å²) in [6, 6.07) is -0.629. The van der Waals surface area contributed by atoms with E-state index in [1.54, 1.807) is 0 Å². The first kappa shape index (κ1) is 20.8. The smallest absolute Gasteiger partial charge is 0.240 e. The van der Waals surface area contributed by atoms with E-state index in [1.807, 2.05) is 0 Å². The predicted molar refractivity (Wildman–Crippen MR) is 109 cm³/mol. The van der Waals surface area contributed by atoms with E-state index in [0.29, 0.717) is 30.8 Å². The minimum Gasteiger partial charge on any atom is -0.417 e. The van der Waals surface area contributed by atoms with Gasteiger partial charge in [-0.2, -0.15) is 0 Å². The molecule has 0 aromatic rings. The first-order valence-electron chi connectivity index (χ1n) is 10.7. The first-order chi connectivity index (χ1) is 12.4. The fourth-order valence-corrected chi connectivity index (χ4v) is 6.70. The summed E-state index contributed by atoms with van der Waals surface area (Å²) in [6.07, 6.45) is 7.34. The number of hydrogen-bond acceptors (Lipinski definition) is 3. The number of amides is 2. The van der Waals surface area contributed by atoms with Crippen molar-refractivity contribution in [2.45, 2.75) is 89.9 Å². The molecule has 0 saturated heterocycles. The van der Waals surface area contributed by atoms with Gasteiger partial charge in [0.2, 0.25) is 11.8 Å². The topological polar surface area (TPSA) is 81.4 Å². The largest absolute Gasteiger partial charge is 0.417 e. The second-order valence-corrected chi connectivity index (χ2v) is 15.8. The summed E-state index contributed by atoms with van der Waals surface area (Å²) in [6.45, 7) is 11.4. The van der Waals surface area contributed by atoms with Gasteiger partial charge < -0.3 is 15.5 Å². The van der Waals surface area contributed by atoms with E-state index in [4.69, 9.17) is 10.2 Å². The molecular weight excluding hydrogens is 356 g/mol. The van der Waals surface area contributed by atoms with Gasteiger partial charge >= 0.3 is 0 Å². The maximum Gasteiger partial charge on any atom is 0.240 e. The third kappa shape index (κ3) is 4.26. The highest BCUT2D eigenvalue weighted by Crippen LogP contribution is 2.60. The quantitative estimate of drug-likeness (QED) is 0.648. The number of carbonyl (C=O) groups is 2. The predicted octanol–water partition coefficient (Wildman–Crippen LogP) is 3.58. The molecule has 3 N–H and O–H groups in total. The van der Waals surface area contributed by atoms with Crippen LogP contribution in [0.2, 0.25) is 18.1 Å². The average molecular weight is 395 g/mol. The van der Waals surface area contributed by atoms with Gasteiger partial charge in [0.1, 0.15) is 6.04 Å². The summed E-state index contributed by atoms with van der Waals surface area (Å²) in [5, 5.41) is 3.14. The van der Waals surface area contributed by atoms with Crippen molar-refractivity contribution in [3.8, 4) is 0 Å². The summed E-state index contributed by atoms with van der Waals surface area (Å²) >= 11 is 0. The number of rotatable bonds is 7. The van der Waals surface area contributed by atoms with E-state index >= 15 is 0 Å². The highest BCUT2D eigenvalue weighted by Gasteiger charge is 2.54. The monoisotopic (exact) mass is 394 g/mol. The van der Waals surface area contributed by atoms with Crippen molar-refractivity contribution >= 4 is 20.1 Å². The molecule has 0 heterocycles. The Balaban J connectivity index is 1.58. The van der Waals surface area contributed by atoms with Crippen molar-refractivity contribution in [1.82, 2.24) is 5.32 Å². The molecule has 0 radical (unpaired) electrons. The lowest BCUT2D eigenvalue weighted by Gasteiger charge is -2.55. The van der Waals surface area contributed by atoms with E-state index in [9.17, 15) is 9.59 Å². The molecule has 27 heavy (non-hydrogen) atoms. The van der Waals surface area contributed by atoms with Gasteiger partial charge in [0.15, 0.2) is 8.32 Å². The highest BCUT2D eigenvalue weighted by molar-refractivity contribution is 6.74. The minimum absolute atomic E-state index is 0.0673. The van der Waals surface area contributed by atoms with Crippen molar-refractivity contribution in [2.75, 3.05) is 6.61 Å². The number of nitrogens with one attached hydrogen (secondary N) is 1. The van der Waals surface area contributed by atoms with Gasteiger partial charge in [-0.3, -0.25) is 9.59 Å². The van der Waals surface area contributed by atoms with Crippen LogP contribution in [0, 0.1) is 23.2 Å². The zero-order chi connectivity index (χ0) is 20.0. The minimum atomic E-state index is -1.87. The molecule has 4 bridgehead atoms. The van der Waals surface area contributed by atoms with E-state index in [1.165, 1.54) is 19.3 Å². The van der Waals surface area contributed by atoms with Gasteiger partial charge in [0.25, 0.3) is 0 Å². The van der Waals surface area contributed by atoms with Crippen molar-refractivity contribution in [3.63, 3.8) is 0 Å². The van der Waals surface area contributed by atoms with Crippen LogP contribution in [0.5, 0.6) is 0 Å². The van der Waals surface area contributed by atoms with Gasteiger partial charge in [-0.15, -0.1) is 0 Å². The Labute approximate surface area is 165 Å². The normalized spacial score (nSPS) is 33.7. The molecule has 154 valence electrons. The van der Waals surface area contributed by atoms with Crippen LogP contribution in [-0.4, -0.2) is 32.8 Å². The molecular formula is C21H38N2O3Si. The number of carbonyl (C=O) groups excluding carboxylic acids is 2. The van der Waals surface area contributed by atoms with Gasteiger partial charge in [-0.05, 0) is 80.8 Å². The molecule has 4 aliphatic rings. The van der Waals surface area contributed by atoms with Crippen LogP contribution < -0.4 is 11.1 Å². The van der Waals surface area contributed by atoms with Crippen molar-refractivity contribution in [3.05, 3.63) is 0 Å². The maximum absolute atomic E-state index is 13.2. The summed E-state index contributed by atoms with van der Waals surface area (Å²) in [4.78, 5) is 25.2. The van der Waals surface area contributed by atoms with E-state index in [0.717, 1.165) is 19.3 Å². The van der Waals surface area contributed by atoms with Gasteiger partial charge in [-0.25, -0.2) is 0 Å². The summed E-state index contributed by atoms with van der Waals surface area (Å²) in [7, 11) is -1.87. The molecule has 4 rings (SSSR count). The molecule has 2 amide bonds. The second kappa shape index (κ2) is 7.18. The zero-order valence-electron chi connectivity index (χ0n) is 17.8. The van der Waals surface area contributed by atoms with Crippen molar-refractivity contribution < 1.29 is 14.0 Å². The van der Waals surface area contributed by atoms with Crippen molar-refractivity contribution in [1.29, 1.82) is 0 Å². The molecule has 1 atom stereocenters. The molecule has 4 fully saturated rings. The fraction of sp³-hybridized carbons (Fsp3) is 0.905. The van der Waals surface area contributed by atoms with Crippen LogP contribution >= 0.6 is 0 Å². The van der Waals surface area contributed by atoms with Crippen LogP contribution in [0.3, 0.4) is 0 Å². The highest BCUT2D eigenvalue weighted by atomic mass is 28.4. The summed E-state index contributed by atoms with van der Waals surface area (Å²) < 4.78 is 6.19. The van der Waals surface area contributed by atoms with Gasteiger partial charge in [0.05, 0.1) is 0 Å². The summed E-state index contributed by atoms with van der Waals surface area (Å²) in [5.74, 6) is 1.73. The SMILES string of the molecule is CC(C)(C)[Si](C)(C)OCC[C@H](NC(=O)C12CC3CC(CC(C3)C1)C2)C(N)=O. The van der Waals surface area contributed by atoms with Crippen LogP contribution in [0.1, 0.15) is 65.7 Å². The molecule has 4 aliphatic carbocycles. The average Bonchev–Trinajstić information content (AvgIpc) is 2.51. The lowest BCUT2D eigenvalue weighted by Crippen LogP contribution is -2.57. The standard InChI is InChI=1S/C21H38N2O3Si/c1-20(2,3)27(4,5)26-7-6-17(18(22)24)23-19(25)21-11-14-8-15(12-21)10-16(9-14)13-21/h14-17H,6-13H2,1-5H3,(H2,22,24)(H,23,25)/t14?,15?,16?,17-,21?/m0/s1. The third-order valence-corrected chi connectivity index (χ3v) is 12.4. The zero-order valence-corrected chi connectivity index (χ0v) is 18.8. The van der Waals surface area contributed by atoms with Crippen LogP contribution in [0.4, 0.5) is 0 Å². The molecule has 0 aliphatic heterocycles. The maximum atomic E-state index is 13.2. The van der Waals surface area contributed by atoms with Crippen LogP contribution in [0.25, 0.3) is 0 Å². The Morgan fingerprint density at radius 3 is 2.00 bits per heavy atom. The number of nitrogens with two attached hydrogens (primary N) is 1. The Kier molecular flexibility index (Phi) is 5.54. The van der Waals surface area contributed by atoms with E-state index < -0.39 is 20.3 Å². The molecule has 4 saturated carbocycles. The lowest BCUT2D eigenvalue weighted by atomic mass is 9.49. The Hall–Kier alpha value is -0.883. The van der Waals surface area contributed by atoms with Crippen molar-refractivity contribution in [2.24, 2.45) is 28.9 Å². The van der Waals surface area contributed by atoms with E-state index in [-0.39, 0.29) is 16.4 Å². The second-order valence-electron chi connectivity index (χ2n) is 11.0. The molecule has 0 aromatic heterocycles. The molecule has 0 unspecified atom stereocenters. The molecule has 0 aromatic carbocycles. The number of primary amides is 1. The first-order valence-corrected chi connectivity index (χ1v) is 13.6. The van der Waals surface area contributed by atoms with Gasteiger partial charge in [-0.1, -0.05) is 20.8 Å². The lowest BCUT2D eigenvalue weighted by molar-refractivity contribution is -0.148. The number of hydrogen-bond donors (Lipinski definition) is 2. The Morgan fingerprint density at radius 2 is 1.59 bits per heavy atom. The molecule has 0 spiro atoms. The van der Waals surface area contributed by atoms with Crippen LogP contribution in [-0.2, 0) is 14.0 Å².